The number of carbonyl (C=O) groups is 3. The maximum Gasteiger partial charge on any atom is 0.326 e. The Morgan fingerprint density at radius 3 is 2.52 bits per heavy atom. The van der Waals surface area contributed by atoms with Crippen molar-refractivity contribution in [3.63, 3.8) is 0 Å². The van der Waals surface area contributed by atoms with Crippen LogP contribution in [0.5, 0.6) is 5.75 Å². The number of carbonyl (C=O) groups excluding carboxylic acids is 3. The number of rotatable bonds is 7. The number of anilines is 1. The predicted octanol–water partition coefficient (Wildman–Crippen LogP) is 2.30. The fraction of sp³-hybridized carbons (Fsp3) is 0.250. The fourth-order valence-electron chi connectivity index (χ4n) is 2.28. The van der Waals surface area contributed by atoms with Crippen molar-refractivity contribution in [2.75, 3.05) is 19.0 Å². The molecule has 0 aliphatic carbocycles. The largest absolute Gasteiger partial charge is 0.497 e. The Labute approximate surface area is 157 Å². The standard InChI is InChI=1S/C20H22N2O5/c1-13-6-4-8-16(10-13)22-19(24)14(2)27-18(23)12-21-20(25)15-7-5-9-17(11-15)26-3/h4-11,14H,12H2,1-3H3,(H,21,25)(H,22,24). The molecule has 2 amide bonds. The van der Waals surface area contributed by atoms with Crippen LogP contribution in [0.25, 0.3) is 0 Å². The SMILES string of the molecule is COc1cccc(C(=O)NCC(=O)OC(C)C(=O)Nc2cccc(C)c2)c1. The van der Waals surface area contributed by atoms with Gasteiger partial charge < -0.3 is 20.1 Å². The minimum atomic E-state index is -0.994. The molecular formula is C20H22N2O5. The molecule has 0 radical (unpaired) electrons. The van der Waals surface area contributed by atoms with E-state index in [0.717, 1.165) is 5.56 Å². The third-order valence-electron chi connectivity index (χ3n) is 3.69. The van der Waals surface area contributed by atoms with Crippen LogP contribution < -0.4 is 15.4 Å². The summed E-state index contributed by atoms with van der Waals surface area (Å²) < 4.78 is 10.1. The normalized spacial score (nSPS) is 11.2. The maximum absolute atomic E-state index is 12.1. The smallest absolute Gasteiger partial charge is 0.326 e. The molecule has 7 nitrogen and oxygen atoms in total. The highest BCUT2D eigenvalue weighted by Crippen LogP contribution is 2.12. The van der Waals surface area contributed by atoms with E-state index < -0.39 is 23.9 Å². The van der Waals surface area contributed by atoms with E-state index in [-0.39, 0.29) is 6.54 Å². The van der Waals surface area contributed by atoms with Gasteiger partial charge in [-0.2, -0.15) is 0 Å². The van der Waals surface area contributed by atoms with Gasteiger partial charge in [0.1, 0.15) is 12.3 Å². The zero-order valence-corrected chi connectivity index (χ0v) is 15.4. The molecule has 0 aromatic heterocycles. The number of hydrogen-bond acceptors (Lipinski definition) is 5. The maximum atomic E-state index is 12.1. The van der Waals surface area contributed by atoms with Gasteiger partial charge in [-0.25, -0.2) is 0 Å². The first kappa shape index (κ1) is 20.0. The van der Waals surface area contributed by atoms with Crippen molar-refractivity contribution in [3.05, 3.63) is 59.7 Å². The molecule has 0 spiro atoms. The number of aryl methyl sites for hydroxylation is 1. The molecule has 142 valence electrons. The third-order valence-corrected chi connectivity index (χ3v) is 3.69. The van der Waals surface area contributed by atoms with Gasteiger partial charge in [0.25, 0.3) is 11.8 Å². The summed E-state index contributed by atoms with van der Waals surface area (Å²) in [4.78, 5) is 36.0. The van der Waals surface area contributed by atoms with Gasteiger partial charge in [0.2, 0.25) is 0 Å². The zero-order chi connectivity index (χ0) is 19.8. The first-order valence-corrected chi connectivity index (χ1v) is 8.38. The van der Waals surface area contributed by atoms with Crippen molar-refractivity contribution in [1.82, 2.24) is 5.32 Å². The molecule has 0 heterocycles. The van der Waals surface area contributed by atoms with Crippen molar-refractivity contribution in [1.29, 1.82) is 0 Å². The highest BCUT2D eigenvalue weighted by Gasteiger charge is 2.18. The van der Waals surface area contributed by atoms with E-state index in [1.165, 1.54) is 14.0 Å². The Bertz CT molecular complexity index is 835. The lowest BCUT2D eigenvalue weighted by molar-refractivity contribution is -0.152. The van der Waals surface area contributed by atoms with E-state index in [4.69, 9.17) is 9.47 Å². The summed E-state index contributed by atoms with van der Waals surface area (Å²) in [5, 5.41) is 5.12. The Hall–Kier alpha value is -3.35. The number of benzene rings is 2. The van der Waals surface area contributed by atoms with Crippen LogP contribution in [0, 0.1) is 6.92 Å². The molecule has 1 atom stereocenters. The Kier molecular flexibility index (Phi) is 6.93. The second-order valence-electron chi connectivity index (χ2n) is 5.91. The van der Waals surface area contributed by atoms with Gasteiger partial charge in [-0.3, -0.25) is 14.4 Å². The van der Waals surface area contributed by atoms with Crippen LogP contribution in [0.4, 0.5) is 5.69 Å². The summed E-state index contributed by atoms with van der Waals surface area (Å²) in [5.41, 5.74) is 1.97. The number of methoxy groups -OCH3 is 1. The quantitative estimate of drug-likeness (QED) is 0.730. The minimum Gasteiger partial charge on any atom is -0.497 e. The first-order valence-electron chi connectivity index (χ1n) is 8.38. The number of nitrogens with one attached hydrogen (secondary N) is 2. The summed E-state index contributed by atoms with van der Waals surface area (Å²) in [7, 11) is 1.50. The highest BCUT2D eigenvalue weighted by molar-refractivity contribution is 5.97. The molecule has 1 unspecified atom stereocenters. The lowest BCUT2D eigenvalue weighted by atomic mass is 10.2. The Morgan fingerprint density at radius 1 is 1.07 bits per heavy atom. The van der Waals surface area contributed by atoms with Crippen LogP contribution in [0.3, 0.4) is 0 Å². The van der Waals surface area contributed by atoms with Gasteiger partial charge in [0.05, 0.1) is 7.11 Å². The second-order valence-corrected chi connectivity index (χ2v) is 5.91. The van der Waals surface area contributed by atoms with Gasteiger partial charge in [-0.15, -0.1) is 0 Å². The van der Waals surface area contributed by atoms with Gasteiger partial charge in [-0.05, 0) is 49.7 Å². The summed E-state index contributed by atoms with van der Waals surface area (Å²) in [6, 6.07) is 13.8. The lowest BCUT2D eigenvalue weighted by Crippen LogP contribution is -2.35. The topological polar surface area (TPSA) is 93.7 Å². The molecule has 0 saturated heterocycles. The number of hydrogen-bond donors (Lipinski definition) is 2. The monoisotopic (exact) mass is 370 g/mol. The average Bonchev–Trinajstić information content (AvgIpc) is 2.66. The highest BCUT2D eigenvalue weighted by atomic mass is 16.5. The van der Waals surface area contributed by atoms with E-state index in [1.807, 2.05) is 19.1 Å². The zero-order valence-electron chi connectivity index (χ0n) is 15.4. The van der Waals surface area contributed by atoms with Crippen LogP contribution >= 0.6 is 0 Å². The summed E-state index contributed by atoms with van der Waals surface area (Å²) in [5.74, 6) is -1.07. The average molecular weight is 370 g/mol. The molecule has 0 aliphatic heterocycles. The van der Waals surface area contributed by atoms with E-state index in [9.17, 15) is 14.4 Å². The second kappa shape index (κ2) is 9.38. The third kappa shape index (κ3) is 6.14. The van der Waals surface area contributed by atoms with Crippen molar-refractivity contribution in [3.8, 4) is 5.75 Å². The van der Waals surface area contributed by atoms with Gasteiger partial charge in [0.15, 0.2) is 6.10 Å². The molecule has 7 heteroatoms. The van der Waals surface area contributed by atoms with Crippen molar-refractivity contribution in [2.24, 2.45) is 0 Å². The Balaban J connectivity index is 1.81. The molecule has 2 rings (SSSR count). The minimum absolute atomic E-state index is 0.349. The predicted molar refractivity (Wildman–Crippen MR) is 101 cm³/mol. The molecule has 0 saturated carbocycles. The van der Waals surface area contributed by atoms with Crippen molar-refractivity contribution in [2.45, 2.75) is 20.0 Å². The lowest BCUT2D eigenvalue weighted by Gasteiger charge is -2.14. The van der Waals surface area contributed by atoms with Gasteiger partial charge in [0, 0.05) is 11.3 Å². The number of esters is 1. The van der Waals surface area contributed by atoms with Crippen LogP contribution in [0.15, 0.2) is 48.5 Å². The molecule has 0 bridgehead atoms. The van der Waals surface area contributed by atoms with E-state index in [1.54, 1.807) is 36.4 Å². The van der Waals surface area contributed by atoms with E-state index in [0.29, 0.717) is 17.0 Å². The van der Waals surface area contributed by atoms with Crippen molar-refractivity contribution < 1.29 is 23.9 Å². The Morgan fingerprint density at radius 2 is 1.81 bits per heavy atom. The number of ether oxygens (including phenoxy) is 2. The van der Waals surface area contributed by atoms with E-state index in [2.05, 4.69) is 10.6 Å². The first-order chi connectivity index (χ1) is 12.9. The fourth-order valence-corrected chi connectivity index (χ4v) is 2.28. The van der Waals surface area contributed by atoms with Crippen molar-refractivity contribution >= 4 is 23.5 Å². The molecule has 2 N–H and O–H groups in total. The van der Waals surface area contributed by atoms with Gasteiger partial charge in [-0.1, -0.05) is 18.2 Å². The molecule has 0 aliphatic rings. The van der Waals surface area contributed by atoms with Crippen LogP contribution in [0.2, 0.25) is 0 Å². The van der Waals surface area contributed by atoms with Gasteiger partial charge >= 0.3 is 5.97 Å². The van der Waals surface area contributed by atoms with Crippen LogP contribution in [0.1, 0.15) is 22.8 Å². The summed E-state index contributed by atoms with van der Waals surface area (Å²) >= 11 is 0. The molecular weight excluding hydrogens is 348 g/mol. The molecule has 2 aromatic rings. The number of amides is 2. The molecule has 27 heavy (non-hydrogen) atoms. The summed E-state index contributed by atoms with van der Waals surface area (Å²) in [6.45, 7) is 3.02. The van der Waals surface area contributed by atoms with Crippen LogP contribution in [-0.4, -0.2) is 37.5 Å². The van der Waals surface area contributed by atoms with Crippen LogP contribution in [-0.2, 0) is 14.3 Å². The molecule has 0 fully saturated rings. The molecule has 2 aromatic carbocycles. The summed E-state index contributed by atoms with van der Waals surface area (Å²) in [6.07, 6.45) is -0.994. The van der Waals surface area contributed by atoms with E-state index >= 15 is 0 Å².